The zero-order valence-electron chi connectivity index (χ0n) is 16.3. The second kappa shape index (κ2) is 7.93. The fraction of sp³-hybridized carbons (Fsp3) is 0.292. The van der Waals surface area contributed by atoms with Crippen molar-refractivity contribution in [1.29, 1.82) is 0 Å². The Morgan fingerprint density at radius 3 is 2.61 bits per heavy atom. The lowest BCUT2D eigenvalue weighted by atomic mass is 10.1. The number of rotatable bonds is 6. The van der Waals surface area contributed by atoms with E-state index in [2.05, 4.69) is 36.3 Å². The van der Waals surface area contributed by atoms with Gasteiger partial charge < -0.3 is 14.2 Å². The minimum absolute atomic E-state index is 0.0370. The molecule has 0 spiro atoms. The van der Waals surface area contributed by atoms with E-state index in [0.29, 0.717) is 6.61 Å². The number of nitrogens with zero attached hydrogens (tertiary/aromatic N) is 2. The molecule has 2 heterocycles. The van der Waals surface area contributed by atoms with Gasteiger partial charge in [0.15, 0.2) is 0 Å². The zero-order valence-corrected chi connectivity index (χ0v) is 16.3. The summed E-state index contributed by atoms with van der Waals surface area (Å²) in [7, 11) is 0. The first-order valence-corrected chi connectivity index (χ1v) is 9.92. The summed E-state index contributed by atoms with van der Waals surface area (Å²) in [5, 5.41) is 0.967. The first-order chi connectivity index (χ1) is 13.7. The van der Waals surface area contributed by atoms with Gasteiger partial charge in [-0.2, -0.15) is 0 Å². The van der Waals surface area contributed by atoms with Crippen molar-refractivity contribution in [2.75, 3.05) is 19.7 Å². The Kier molecular flexibility index (Phi) is 5.20. The molecule has 1 fully saturated rings. The molecule has 1 aliphatic rings. The Bertz CT molecular complexity index is 985. The molecule has 0 aliphatic carbocycles. The van der Waals surface area contributed by atoms with Crippen LogP contribution in [0.4, 0.5) is 0 Å². The van der Waals surface area contributed by atoms with E-state index in [4.69, 9.17) is 4.74 Å². The second-order valence-corrected chi connectivity index (χ2v) is 7.27. The monoisotopic (exact) mass is 374 g/mol. The molecule has 4 heteroatoms. The summed E-state index contributed by atoms with van der Waals surface area (Å²) in [6.45, 7) is 7.99. The Morgan fingerprint density at radius 2 is 1.89 bits per heavy atom. The summed E-state index contributed by atoms with van der Waals surface area (Å²) in [5.74, 6) is 0.887. The standard InChI is InChI=1S/C24H26N2O2/c1-3-16-28-23-13-9-12-21-20(23)17-22(24(27)25-14-7-8-15-25)26(21)18(2)19-10-5-4-6-11-19/h3-6,9-13,17-18H,1,7-8,14-16H2,2H3. The van der Waals surface area contributed by atoms with Gasteiger partial charge in [-0.3, -0.25) is 4.79 Å². The summed E-state index contributed by atoms with van der Waals surface area (Å²) in [6, 6.07) is 18.3. The van der Waals surface area contributed by atoms with E-state index in [1.165, 1.54) is 5.56 Å². The van der Waals surface area contributed by atoms with Gasteiger partial charge in [0.25, 0.3) is 5.91 Å². The topological polar surface area (TPSA) is 34.5 Å². The first kappa shape index (κ1) is 18.4. The minimum Gasteiger partial charge on any atom is -0.489 e. The van der Waals surface area contributed by atoms with Crippen LogP contribution in [0, 0.1) is 0 Å². The third kappa shape index (κ3) is 3.31. The van der Waals surface area contributed by atoms with Crippen molar-refractivity contribution in [2.45, 2.75) is 25.8 Å². The van der Waals surface area contributed by atoms with E-state index in [-0.39, 0.29) is 11.9 Å². The minimum atomic E-state index is 0.0370. The van der Waals surface area contributed by atoms with Crippen LogP contribution in [0.1, 0.15) is 41.9 Å². The molecule has 0 saturated carbocycles. The molecule has 28 heavy (non-hydrogen) atoms. The van der Waals surface area contributed by atoms with Crippen molar-refractivity contribution in [3.05, 3.63) is 78.5 Å². The van der Waals surface area contributed by atoms with Crippen LogP contribution in [0.5, 0.6) is 5.75 Å². The number of hydrogen-bond acceptors (Lipinski definition) is 2. The highest BCUT2D eigenvalue weighted by atomic mass is 16.5. The highest BCUT2D eigenvalue weighted by Crippen LogP contribution is 2.34. The molecule has 4 rings (SSSR count). The Labute approximate surface area is 166 Å². The van der Waals surface area contributed by atoms with Gasteiger partial charge in [0.05, 0.1) is 11.6 Å². The van der Waals surface area contributed by atoms with Crippen molar-refractivity contribution in [2.24, 2.45) is 0 Å². The Morgan fingerprint density at radius 1 is 1.14 bits per heavy atom. The first-order valence-electron chi connectivity index (χ1n) is 9.92. The highest BCUT2D eigenvalue weighted by molar-refractivity contribution is 6.00. The normalized spacial score (nSPS) is 15.0. The van der Waals surface area contributed by atoms with Gasteiger partial charge in [-0.05, 0) is 43.5 Å². The number of fused-ring (bicyclic) bond motifs is 1. The molecule has 1 aromatic heterocycles. The molecule has 1 aliphatic heterocycles. The number of carbonyl (C=O) groups is 1. The highest BCUT2D eigenvalue weighted by Gasteiger charge is 2.27. The quantitative estimate of drug-likeness (QED) is 0.566. The third-order valence-corrected chi connectivity index (χ3v) is 5.48. The summed E-state index contributed by atoms with van der Waals surface area (Å²) in [4.78, 5) is 15.3. The van der Waals surface area contributed by atoms with E-state index in [1.807, 2.05) is 41.3 Å². The molecule has 2 aromatic carbocycles. The van der Waals surface area contributed by atoms with E-state index < -0.39 is 0 Å². The largest absolute Gasteiger partial charge is 0.489 e. The summed E-state index contributed by atoms with van der Waals surface area (Å²) < 4.78 is 8.03. The molecule has 4 nitrogen and oxygen atoms in total. The van der Waals surface area contributed by atoms with Crippen molar-refractivity contribution in [3.63, 3.8) is 0 Å². The van der Waals surface area contributed by atoms with Crippen LogP contribution in [0.2, 0.25) is 0 Å². The van der Waals surface area contributed by atoms with Crippen LogP contribution in [0.3, 0.4) is 0 Å². The summed E-state index contributed by atoms with van der Waals surface area (Å²) in [6.07, 6.45) is 3.89. The second-order valence-electron chi connectivity index (χ2n) is 7.27. The number of amides is 1. The van der Waals surface area contributed by atoms with Gasteiger partial charge in [0.2, 0.25) is 0 Å². The van der Waals surface area contributed by atoms with E-state index in [1.54, 1.807) is 6.08 Å². The maximum atomic E-state index is 13.3. The van der Waals surface area contributed by atoms with Gasteiger partial charge in [-0.25, -0.2) is 0 Å². The molecule has 0 N–H and O–H groups in total. The Balaban J connectivity index is 1.87. The van der Waals surface area contributed by atoms with E-state index >= 15 is 0 Å². The number of hydrogen-bond donors (Lipinski definition) is 0. The van der Waals surface area contributed by atoms with E-state index in [9.17, 15) is 4.79 Å². The molecular formula is C24H26N2O2. The molecule has 1 unspecified atom stereocenters. The molecule has 1 amide bonds. The lowest BCUT2D eigenvalue weighted by molar-refractivity contribution is 0.0781. The zero-order chi connectivity index (χ0) is 19.5. The van der Waals surface area contributed by atoms with Crippen LogP contribution in [-0.4, -0.2) is 35.1 Å². The molecule has 0 bridgehead atoms. The molecule has 1 saturated heterocycles. The van der Waals surface area contributed by atoms with Crippen molar-refractivity contribution >= 4 is 16.8 Å². The number of carbonyl (C=O) groups excluding carboxylic acids is 1. The molecule has 3 aromatic rings. The number of likely N-dealkylation sites (tertiary alicyclic amines) is 1. The maximum absolute atomic E-state index is 13.3. The number of aromatic nitrogens is 1. The van der Waals surface area contributed by atoms with Crippen LogP contribution < -0.4 is 4.74 Å². The SMILES string of the molecule is C=CCOc1cccc2c1cc(C(=O)N1CCCC1)n2C(C)c1ccccc1. The van der Waals surface area contributed by atoms with Crippen LogP contribution in [0.25, 0.3) is 10.9 Å². The smallest absolute Gasteiger partial charge is 0.270 e. The van der Waals surface area contributed by atoms with Gasteiger partial charge in [-0.1, -0.05) is 49.1 Å². The molecule has 144 valence electrons. The summed E-state index contributed by atoms with van der Waals surface area (Å²) >= 11 is 0. The van der Waals surface area contributed by atoms with Crippen LogP contribution >= 0.6 is 0 Å². The van der Waals surface area contributed by atoms with Crippen LogP contribution in [-0.2, 0) is 0 Å². The van der Waals surface area contributed by atoms with Gasteiger partial charge in [0.1, 0.15) is 18.1 Å². The van der Waals surface area contributed by atoms with Gasteiger partial charge in [-0.15, -0.1) is 0 Å². The maximum Gasteiger partial charge on any atom is 0.270 e. The molecular weight excluding hydrogens is 348 g/mol. The van der Waals surface area contributed by atoms with Gasteiger partial charge >= 0.3 is 0 Å². The Hall–Kier alpha value is -3.01. The lowest BCUT2D eigenvalue weighted by Gasteiger charge is -2.22. The van der Waals surface area contributed by atoms with Crippen LogP contribution in [0.15, 0.2) is 67.3 Å². The fourth-order valence-corrected chi connectivity index (χ4v) is 4.04. The van der Waals surface area contributed by atoms with Crippen molar-refractivity contribution in [3.8, 4) is 5.75 Å². The third-order valence-electron chi connectivity index (χ3n) is 5.48. The number of benzene rings is 2. The van der Waals surface area contributed by atoms with Crippen molar-refractivity contribution in [1.82, 2.24) is 9.47 Å². The van der Waals surface area contributed by atoms with E-state index in [0.717, 1.165) is 48.3 Å². The van der Waals surface area contributed by atoms with Crippen molar-refractivity contribution < 1.29 is 9.53 Å². The van der Waals surface area contributed by atoms with Gasteiger partial charge in [0, 0.05) is 18.5 Å². The predicted molar refractivity (Wildman–Crippen MR) is 113 cm³/mol. The predicted octanol–water partition coefficient (Wildman–Crippen LogP) is 5.05. The average molecular weight is 374 g/mol. The molecule has 0 radical (unpaired) electrons. The summed E-state index contributed by atoms with van der Waals surface area (Å²) in [5.41, 5.74) is 2.91. The lowest BCUT2D eigenvalue weighted by Crippen LogP contribution is -2.30. The molecule has 1 atom stereocenters. The number of ether oxygens (including phenoxy) is 1. The average Bonchev–Trinajstić information content (AvgIpc) is 3.40. The fourth-order valence-electron chi connectivity index (χ4n) is 4.04.